The summed E-state index contributed by atoms with van der Waals surface area (Å²) in [6.45, 7) is 12.8. The smallest absolute Gasteiger partial charge is 0.410 e. The summed E-state index contributed by atoms with van der Waals surface area (Å²) < 4.78 is 5.52. The van der Waals surface area contributed by atoms with Gasteiger partial charge in [-0.2, -0.15) is 0 Å². The first-order chi connectivity index (χ1) is 15.0. The minimum absolute atomic E-state index is 0.0563. The number of nitrogens with zero attached hydrogens (tertiary/aromatic N) is 2. The number of hydrogen-bond donors (Lipinski definition) is 1. The van der Waals surface area contributed by atoms with Gasteiger partial charge in [-0.3, -0.25) is 14.6 Å². The Kier molecular flexibility index (Phi) is 7.86. The molecule has 3 rings (SSSR count). The Morgan fingerprint density at radius 1 is 1.16 bits per heavy atom. The fourth-order valence-electron chi connectivity index (χ4n) is 5.14. The Bertz CT molecular complexity index is 774. The second-order valence-electron chi connectivity index (χ2n) is 11.0. The Balaban J connectivity index is 1.61. The number of carbonyl (C=O) groups is 2. The molecule has 2 amide bonds. The van der Waals surface area contributed by atoms with Crippen molar-refractivity contribution in [3.05, 3.63) is 35.9 Å². The van der Waals surface area contributed by atoms with E-state index in [1.54, 1.807) is 7.05 Å². The average Bonchev–Trinajstić information content (AvgIpc) is 3.26. The first-order valence-electron chi connectivity index (χ1n) is 12.1. The van der Waals surface area contributed by atoms with E-state index >= 15 is 0 Å². The van der Waals surface area contributed by atoms with Crippen LogP contribution >= 0.6 is 0 Å². The molecule has 1 N–H and O–H groups in total. The van der Waals surface area contributed by atoms with Crippen molar-refractivity contribution in [2.45, 2.75) is 78.1 Å². The summed E-state index contributed by atoms with van der Waals surface area (Å²) in [7, 11) is 1.68. The normalized spacial score (nSPS) is 24.3. The fraction of sp³-hybridized carbons (Fsp3) is 0.692. The highest BCUT2D eigenvalue weighted by Crippen LogP contribution is 2.38. The van der Waals surface area contributed by atoms with Crippen molar-refractivity contribution in [2.75, 3.05) is 20.1 Å². The standard InChI is InChI=1S/C26H41N3O3/c1-18(2)14-23(28(6)25(31)32-26(3,4)5)24(30)27-22-13-12-20-16-29(17-21(20)22)15-19-10-8-7-9-11-19/h7-11,18,20-23H,12-17H2,1-6H3,(H,27,30)/t20-,21+,22+,23+/m1/s1. The van der Waals surface area contributed by atoms with Crippen molar-refractivity contribution in [2.24, 2.45) is 17.8 Å². The number of amides is 2. The summed E-state index contributed by atoms with van der Waals surface area (Å²) in [5, 5.41) is 3.32. The van der Waals surface area contributed by atoms with Crippen LogP contribution in [-0.2, 0) is 16.1 Å². The van der Waals surface area contributed by atoms with Gasteiger partial charge >= 0.3 is 6.09 Å². The first-order valence-corrected chi connectivity index (χ1v) is 12.1. The third-order valence-electron chi connectivity index (χ3n) is 6.66. The van der Waals surface area contributed by atoms with Crippen molar-refractivity contribution >= 4 is 12.0 Å². The predicted molar refractivity (Wildman–Crippen MR) is 127 cm³/mol. The Morgan fingerprint density at radius 3 is 2.47 bits per heavy atom. The first kappa shape index (κ1) is 24.6. The van der Waals surface area contributed by atoms with E-state index in [-0.39, 0.29) is 11.9 Å². The van der Waals surface area contributed by atoms with Crippen LogP contribution in [0.5, 0.6) is 0 Å². The zero-order valence-electron chi connectivity index (χ0n) is 20.6. The van der Waals surface area contributed by atoms with Crippen LogP contribution in [0.3, 0.4) is 0 Å². The number of rotatable bonds is 7. The molecular formula is C26H41N3O3. The number of fused-ring (bicyclic) bond motifs is 1. The van der Waals surface area contributed by atoms with Gasteiger partial charge in [-0.1, -0.05) is 44.2 Å². The average molecular weight is 444 g/mol. The number of likely N-dealkylation sites (N-methyl/N-ethyl adjacent to an activating group) is 1. The van der Waals surface area contributed by atoms with Gasteiger partial charge in [-0.05, 0) is 63.4 Å². The zero-order chi connectivity index (χ0) is 23.5. The van der Waals surface area contributed by atoms with Crippen molar-refractivity contribution in [1.82, 2.24) is 15.1 Å². The van der Waals surface area contributed by atoms with E-state index in [0.717, 1.165) is 32.5 Å². The minimum Gasteiger partial charge on any atom is -0.444 e. The highest BCUT2D eigenvalue weighted by molar-refractivity contribution is 5.86. The SMILES string of the molecule is CC(C)C[C@@H](C(=O)N[C@H]1CC[C@@H]2CN(Cc3ccccc3)C[C@@H]21)N(C)C(=O)OC(C)(C)C. The van der Waals surface area contributed by atoms with E-state index in [4.69, 9.17) is 4.74 Å². The quantitative estimate of drug-likeness (QED) is 0.683. The van der Waals surface area contributed by atoms with Gasteiger partial charge in [0.1, 0.15) is 11.6 Å². The molecule has 0 unspecified atom stereocenters. The van der Waals surface area contributed by atoms with Gasteiger partial charge in [-0.15, -0.1) is 0 Å². The van der Waals surface area contributed by atoms with Gasteiger partial charge in [0.25, 0.3) is 0 Å². The Morgan fingerprint density at radius 2 is 1.84 bits per heavy atom. The summed E-state index contributed by atoms with van der Waals surface area (Å²) in [5.41, 5.74) is 0.749. The number of benzene rings is 1. The molecular weight excluding hydrogens is 402 g/mol. The van der Waals surface area contributed by atoms with E-state index in [2.05, 4.69) is 54.4 Å². The van der Waals surface area contributed by atoms with Crippen molar-refractivity contribution < 1.29 is 14.3 Å². The van der Waals surface area contributed by atoms with Crippen LogP contribution in [0.15, 0.2) is 30.3 Å². The van der Waals surface area contributed by atoms with Gasteiger partial charge in [-0.25, -0.2) is 4.79 Å². The molecule has 178 valence electrons. The summed E-state index contributed by atoms with van der Waals surface area (Å²) in [4.78, 5) is 30.0. The number of nitrogens with one attached hydrogen (secondary N) is 1. The van der Waals surface area contributed by atoms with Crippen LogP contribution in [0.1, 0.15) is 59.4 Å². The minimum atomic E-state index is -0.588. The van der Waals surface area contributed by atoms with Crippen LogP contribution in [0.2, 0.25) is 0 Å². The molecule has 6 heteroatoms. The number of likely N-dealkylation sites (tertiary alicyclic amines) is 1. The maximum absolute atomic E-state index is 13.3. The molecule has 1 heterocycles. The molecule has 32 heavy (non-hydrogen) atoms. The molecule has 1 saturated carbocycles. The van der Waals surface area contributed by atoms with Gasteiger partial charge in [0, 0.05) is 32.7 Å². The monoisotopic (exact) mass is 443 g/mol. The number of carbonyl (C=O) groups excluding carboxylic acids is 2. The molecule has 1 aromatic rings. The van der Waals surface area contributed by atoms with E-state index in [1.165, 1.54) is 10.5 Å². The van der Waals surface area contributed by atoms with E-state index in [0.29, 0.717) is 24.2 Å². The molecule has 0 spiro atoms. The lowest BCUT2D eigenvalue weighted by Crippen LogP contribution is -2.52. The second-order valence-corrected chi connectivity index (χ2v) is 11.0. The maximum atomic E-state index is 13.3. The molecule has 0 aromatic heterocycles. The largest absolute Gasteiger partial charge is 0.444 e. The van der Waals surface area contributed by atoms with Gasteiger partial charge in [0.2, 0.25) is 5.91 Å². The lowest BCUT2D eigenvalue weighted by atomic mass is 9.96. The number of hydrogen-bond acceptors (Lipinski definition) is 4. The third kappa shape index (κ3) is 6.47. The summed E-state index contributed by atoms with van der Waals surface area (Å²) >= 11 is 0. The van der Waals surface area contributed by atoms with Gasteiger partial charge in [0.05, 0.1) is 0 Å². The zero-order valence-corrected chi connectivity index (χ0v) is 20.6. The molecule has 1 aliphatic heterocycles. The fourth-order valence-corrected chi connectivity index (χ4v) is 5.14. The molecule has 2 fully saturated rings. The van der Waals surface area contributed by atoms with Crippen molar-refractivity contribution in [1.29, 1.82) is 0 Å². The molecule has 1 aliphatic carbocycles. The molecule has 1 saturated heterocycles. The highest BCUT2D eigenvalue weighted by atomic mass is 16.6. The molecule has 0 bridgehead atoms. The molecule has 6 nitrogen and oxygen atoms in total. The van der Waals surface area contributed by atoms with Crippen LogP contribution < -0.4 is 5.32 Å². The van der Waals surface area contributed by atoms with E-state index < -0.39 is 17.7 Å². The van der Waals surface area contributed by atoms with Crippen molar-refractivity contribution in [3.63, 3.8) is 0 Å². The number of ether oxygens (including phenoxy) is 1. The van der Waals surface area contributed by atoms with E-state index in [1.807, 2.05) is 20.8 Å². The summed E-state index contributed by atoms with van der Waals surface area (Å²) in [6, 6.07) is 10.2. The van der Waals surface area contributed by atoms with Crippen LogP contribution in [-0.4, -0.2) is 59.6 Å². The van der Waals surface area contributed by atoms with Crippen molar-refractivity contribution in [3.8, 4) is 0 Å². The lowest BCUT2D eigenvalue weighted by Gasteiger charge is -2.32. The van der Waals surface area contributed by atoms with Gasteiger partial charge in [0.15, 0.2) is 0 Å². The highest BCUT2D eigenvalue weighted by Gasteiger charge is 2.44. The summed E-state index contributed by atoms with van der Waals surface area (Å²) in [5.74, 6) is 1.35. The lowest BCUT2D eigenvalue weighted by molar-refractivity contribution is -0.127. The topological polar surface area (TPSA) is 61.9 Å². The molecule has 2 aliphatic rings. The Hall–Kier alpha value is -2.08. The van der Waals surface area contributed by atoms with Gasteiger partial charge < -0.3 is 10.1 Å². The second kappa shape index (κ2) is 10.2. The third-order valence-corrected chi connectivity index (χ3v) is 6.66. The molecule has 4 atom stereocenters. The molecule has 0 radical (unpaired) electrons. The molecule has 1 aromatic carbocycles. The summed E-state index contributed by atoms with van der Waals surface area (Å²) in [6.07, 6.45) is 2.34. The van der Waals surface area contributed by atoms with Crippen LogP contribution in [0.25, 0.3) is 0 Å². The predicted octanol–water partition coefficient (Wildman–Crippen LogP) is 4.29. The van der Waals surface area contributed by atoms with E-state index in [9.17, 15) is 9.59 Å². The van der Waals surface area contributed by atoms with Crippen LogP contribution in [0, 0.1) is 17.8 Å². The Labute approximate surface area is 193 Å². The van der Waals surface area contributed by atoms with Crippen LogP contribution in [0.4, 0.5) is 4.79 Å². The maximum Gasteiger partial charge on any atom is 0.410 e.